The summed E-state index contributed by atoms with van der Waals surface area (Å²) in [6, 6.07) is 0. The molecule has 0 bridgehead atoms. The number of hydrogen-bond acceptors (Lipinski definition) is 4. The molecule has 0 saturated carbocycles. The molecule has 0 radical (unpaired) electrons. The summed E-state index contributed by atoms with van der Waals surface area (Å²) in [4.78, 5) is 0. The predicted octanol–water partition coefficient (Wildman–Crippen LogP) is 0.00160. The molecule has 0 aromatic rings. The average Bonchev–Trinajstić information content (AvgIpc) is 1.61. The summed E-state index contributed by atoms with van der Waals surface area (Å²) in [5.74, 6) is 0. The van der Waals surface area contributed by atoms with Crippen LogP contribution in [0, 0.1) is 0 Å². The fourth-order valence-electron chi connectivity index (χ4n) is 0.0438. The molecule has 0 unspecified atom stereocenters. The third-order valence-electron chi connectivity index (χ3n) is 0.135. The molecule has 0 saturated heterocycles. The van der Waals surface area contributed by atoms with E-state index in [1.165, 1.54) is 5.41 Å². The Bertz CT molecular complexity index is 37.8. The lowest BCUT2D eigenvalue weighted by atomic mass is 11.3. The zero-order valence-corrected chi connectivity index (χ0v) is 3.73. The van der Waals surface area contributed by atoms with Crippen molar-refractivity contribution in [3.63, 3.8) is 0 Å². The second-order valence-corrected chi connectivity index (χ2v) is 1.06. The molecule has 0 spiro atoms. The molecule has 0 amide bonds. The van der Waals surface area contributed by atoms with Crippen LogP contribution in [0.3, 0.4) is 0 Å². The average molecular weight is 107 g/mol. The highest BCUT2D eigenvalue weighted by molar-refractivity contribution is 7.97. The highest BCUT2D eigenvalue weighted by Gasteiger charge is 1.65. The van der Waals surface area contributed by atoms with Crippen molar-refractivity contribution in [1.29, 1.82) is 0 Å². The monoisotopic (exact) mass is 107 g/mol. The second-order valence-electron chi connectivity index (χ2n) is 0.399. The first-order valence-corrected chi connectivity index (χ1v) is 1.95. The summed E-state index contributed by atoms with van der Waals surface area (Å²) in [6.07, 6.45) is 0. The maximum absolute atomic E-state index is 8.90. The van der Waals surface area contributed by atoms with Gasteiger partial charge in [0.25, 0.3) is 0 Å². The Kier molecular flexibility index (Phi) is 4.95. The SMILES string of the molecule is C=CSOO[O-]. The van der Waals surface area contributed by atoms with E-state index in [1.54, 1.807) is 0 Å². The quantitative estimate of drug-likeness (QED) is 0.220. The standard InChI is InChI=1S/C2H4O3S/c1-2-6-5-4-3/h2-3H,1H2/p-1. The van der Waals surface area contributed by atoms with E-state index in [1.807, 2.05) is 0 Å². The van der Waals surface area contributed by atoms with E-state index in [0.717, 1.165) is 12.0 Å². The molecule has 0 N–H and O–H groups in total. The first kappa shape index (κ1) is 5.97. The van der Waals surface area contributed by atoms with Crippen molar-refractivity contribution in [2.75, 3.05) is 0 Å². The molecule has 0 rings (SSSR count). The van der Waals surface area contributed by atoms with Gasteiger partial charge in [0, 0.05) is 0 Å². The molecule has 0 aliphatic carbocycles. The summed E-state index contributed by atoms with van der Waals surface area (Å²) in [6.45, 7) is 3.22. The van der Waals surface area contributed by atoms with E-state index in [-0.39, 0.29) is 0 Å². The molecule has 0 aromatic carbocycles. The van der Waals surface area contributed by atoms with Crippen LogP contribution in [0.4, 0.5) is 0 Å². The van der Waals surface area contributed by atoms with Gasteiger partial charge < -0.3 is 5.26 Å². The first-order valence-electron chi connectivity index (χ1n) is 1.14. The Morgan fingerprint density at radius 3 is 2.67 bits per heavy atom. The lowest BCUT2D eigenvalue weighted by Crippen LogP contribution is -1.99. The van der Waals surface area contributed by atoms with E-state index >= 15 is 0 Å². The van der Waals surface area contributed by atoms with E-state index < -0.39 is 0 Å². The molecule has 36 valence electrons. The predicted molar refractivity (Wildman–Crippen MR) is 20.0 cm³/mol. The molecule has 0 aliphatic rings. The Hall–Kier alpha value is -0.0300. The minimum atomic E-state index is 0.737. The maximum Gasteiger partial charge on any atom is 0.0588 e. The minimum absolute atomic E-state index is 0.737. The van der Waals surface area contributed by atoms with Gasteiger partial charge in [-0.1, -0.05) is 6.58 Å². The normalized spacial score (nSPS) is 8.17. The van der Waals surface area contributed by atoms with Crippen molar-refractivity contribution in [2.24, 2.45) is 0 Å². The molecule has 0 aromatic heterocycles. The molecule has 0 atom stereocenters. The molecule has 0 fully saturated rings. The third kappa shape index (κ3) is 3.97. The van der Waals surface area contributed by atoms with Crippen LogP contribution in [0.2, 0.25) is 0 Å². The van der Waals surface area contributed by atoms with Gasteiger partial charge in [0.15, 0.2) is 0 Å². The Labute approximate surface area is 39.6 Å². The van der Waals surface area contributed by atoms with Crippen LogP contribution >= 0.6 is 12.0 Å². The zero-order valence-electron chi connectivity index (χ0n) is 2.92. The Morgan fingerprint density at radius 1 is 1.83 bits per heavy atom. The highest BCUT2D eigenvalue weighted by Crippen LogP contribution is 1.98. The summed E-state index contributed by atoms with van der Waals surface area (Å²) in [5, 5.41) is 13.2. The summed E-state index contributed by atoms with van der Waals surface area (Å²) in [5.41, 5.74) is 0. The maximum atomic E-state index is 8.90. The molecular weight excluding hydrogens is 104 g/mol. The Morgan fingerprint density at radius 2 is 2.50 bits per heavy atom. The van der Waals surface area contributed by atoms with Gasteiger partial charge in [0.1, 0.15) is 0 Å². The van der Waals surface area contributed by atoms with Gasteiger partial charge in [-0.3, -0.25) is 5.04 Å². The third-order valence-corrected chi connectivity index (χ3v) is 0.405. The van der Waals surface area contributed by atoms with Crippen LogP contribution in [-0.2, 0) is 9.37 Å². The van der Waals surface area contributed by atoms with E-state index in [2.05, 4.69) is 16.0 Å². The lowest BCUT2D eigenvalue weighted by molar-refractivity contribution is -0.777. The lowest BCUT2D eigenvalue weighted by Gasteiger charge is -1.97. The van der Waals surface area contributed by atoms with Crippen molar-refractivity contribution in [2.45, 2.75) is 0 Å². The van der Waals surface area contributed by atoms with Gasteiger partial charge in [-0.05, 0) is 5.41 Å². The van der Waals surface area contributed by atoms with Crippen LogP contribution in [0.5, 0.6) is 0 Å². The van der Waals surface area contributed by atoms with Gasteiger partial charge in [-0.25, -0.2) is 0 Å². The molecule has 0 aliphatic heterocycles. The topological polar surface area (TPSA) is 41.5 Å². The van der Waals surface area contributed by atoms with Gasteiger partial charge in [0.05, 0.1) is 12.0 Å². The minimum Gasteiger partial charge on any atom is -0.691 e. The van der Waals surface area contributed by atoms with E-state index in [0.29, 0.717) is 0 Å². The smallest absolute Gasteiger partial charge is 0.0588 e. The largest absolute Gasteiger partial charge is 0.691 e. The van der Waals surface area contributed by atoms with Crippen molar-refractivity contribution in [3.8, 4) is 0 Å². The van der Waals surface area contributed by atoms with E-state index in [4.69, 9.17) is 5.26 Å². The van der Waals surface area contributed by atoms with Gasteiger partial charge in [-0.15, -0.1) is 0 Å². The fraction of sp³-hybridized carbons (Fsp3) is 0. The van der Waals surface area contributed by atoms with Gasteiger partial charge >= 0.3 is 0 Å². The van der Waals surface area contributed by atoms with E-state index in [9.17, 15) is 0 Å². The fourth-order valence-corrected chi connectivity index (χ4v) is 0.131. The summed E-state index contributed by atoms with van der Waals surface area (Å²) >= 11 is 0.737. The molecule has 4 heteroatoms. The molecule has 0 heterocycles. The van der Waals surface area contributed by atoms with Gasteiger partial charge in [-0.2, -0.15) is 4.33 Å². The zero-order chi connectivity index (χ0) is 4.83. The molecular formula is C2H3O3S-. The van der Waals surface area contributed by atoms with Crippen molar-refractivity contribution in [1.82, 2.24) is 0 Å². The van der Waals surface area contributed by atoms with Crippen molar-refractivity contribution < 1.29 is 14.6 Å². The van der Waals surface area contributed by atoms with Crippen LogP contribution in [-0.4, -0.2) is 0 Å². The molecule has 6 heavy (non-hydrogen) atoms. The summed E-state index contributed by atoms with van der Waals surface area (Å²) in [7, 11) is 0. The Balaban J connectivity index is 2.49. The number of hydrogen-bond donors (Lipinski definition) is 0. The van der Waals surface area contributed by atoms with Crippen LogP contribution < -0.4 is 5.26 Å². The van der Waals surface area contributed by atoms with Crippen LogP contribution in [0.15, 0.2) is 12.0 Å². The van der Waals surface area contributed by atoms with Crippen LogP contribution in [0.1, 0.15) is 0 Å². The first-order chi connectivity index (χ1) is 2.91. The summed E-state index contributed by atoms with van der Waals surface area (Å²) < 4.78 is 3.73. The van der Waals surface area contributed by atoms with Crippen molar-refractivity contribution in [3.05, 3.63) is 12.0 Å². The second kappa shape index (κ2) is 4.97. The number of rotatable bonds is 3. The van der Waals surface area contributed by atoms with Crippen LogP contribution in [0.25, 0.3) is 0 Å². The highest BCUT2D eigenvalue weighted by atomic mass is 32.2. The molecule has 3 nitrogen and oxygen atoms in total. The van der Waals surface area contributed by atoms with Crippen molar-refractivity contribution >= 4 is 12.0 Å². The van der Waals surface area contributed by atoms with Gasteiger partial charge in [0.2, 0.25) is 0 Å².